The maximum atomic E-state index is 5.90. The summed E-state index contributed by atoms with van der Waals surface area (Å²) in [5, 5.41) is 0. The predicted molar refractivity (Wildman–Crippen MR) is 86.1 cm³/mol. The van der Waals surface area contributed by atoms with Crippen LogP contribution in [0.5, 0.6) is 11.5 Å². The molecular formula is C18H17ClO2. The summed E-state index contributed by atoms with van der Waals surface area (Å²) in [7, 11) is 1.63. The zero-order valence-corrected chi connectivity index (χ0v) is 12.9. The van der Waals surface area contributed by atoms with Gasteiger partial charge in [0.05, 0.1) is 18.6 Å². The highest BCUT2D eigenvalue weighted by Crippen LogP contribution is 2.24. The van der Waals surface area contributed by atoms with Crippen LogP contribution < -0.4 is 9.47 Å². The number of hydrogen-bond acceptors (Lipinski definition) is 2. The minimum Gasteiger partial charge on any atom is -0.497 e. The number of aryl methyl sites for hydroxylation is 1. The standard InChI is InChI=1S/C18H17ClO2/c1-14-6-3-4-7-16(14)13-21-18-10-9-17(20-2)12-15(18)8-5-11-19/h3-4,6-7,9-10,12H,11,13H2,1-2H3. The molecule has 0 aliphatic rings. The summed E-state index contributed by atoms with van der Waals surface area (Å²) in [6, 6.07) is 13.7. The van der Waals surface area contributed by atoms with Gasteiger partial charge in [-0.2, -0.15) is 0 Å². The zero-order valence-electron chi connectivity index (χ0n) is 12.2. The van der Waals surface area contributed by atoms with Gasteiger partial charge in [-0.05, 0) is 36.2 Å². The molecule has 0 aliphatic carbocycles. The van der Waals surface area contributed by atoms with Crippen LogP contribution in [0.4, 0.5) is 0 Å². The number of hydrogen-bond donors (Lipinski definition) is 0. The second-order valence-electron chi connectivity index (χ2n) is 4.51. The van der Waals surface area contributed by atoms with Gasteiger partial charge in [-0.15, -0.1) is 11.6 Å². The first-order chi connectivity index (χ1) is 10.2. The summed E-state index contributed by atoms with van der Waals surface area (Å²) in [5.74, 6) is 7.61. The van der Waals surface area contributed by atoms with Crippen molar-refractivity contribution in [3.8, 4) is 23.3 Å². The average Bonchev–Trinajstić information content (AvgIpc) is 2.52. The second kappa shape index (κ2) is 7.61. The van der Waals surface area contributed by atoms with Gasteiger partial charge in [0.1, 0.15) is 18.1 Å². The van der Waals surface area contributed by atoms with Crippen molar-refractivity contribution in [2.45, 2.75) is 13.5 Å². The van der Waals surface area contributed by atoms with Crippen molar-refractivity contribution in [3.63, 3.8) is 0 Å². The molecule has 0 bridgehead atoms. The van der Waals surface area contributed by atoms with Crippen molar-refractivity contribution in [3.05, 3.63) is 59.2 Å². The van der Waals surface area contributed by atoms with E-state index in [0.29, 0.717) is 6.61 Å². The van der Waals surface area contributed by atoms with E-state index in [4.69, 9.17) is 21.1 Å². The largest absolute Gasteiger partial charge is 0.497 e. The minimum absolute atomic E-state index is 0.286. The van der Waals surface area contributed by atoms with Gasteiger partial charge in [0, 0.05) is 0 Å². The number of halogens is 1. The van der Waals surface area contributed by atoms with Crippen molar-refractivity contribution in [1.29, 1.82) is 0 Å². The van der Waals surface area contributed by atoms with Crippen molar-refractivity contribution in [2.75, 3.05) is 13.0 Å². The van der Waals surface area contributed by atoms with E-state index >= 15 is 0 Å². The van der Waals surface area contributed by atoms with Gasteiger partial charge in [0.15, 0.2) is 0 Å². The van der Waals surface area contributed by atoms with Crippen LogP contribution in [0.1, 0.15) is 16.7 Å². The lowest BCUT2D eigenvalue weighted by Crippen LogP contribution is -1.99. The molecule has 0 heterocycles. The molecule has 0 unspecified atom stereocenters. The Bertz CT molecular complexity index is 668. The number of benzene rings is 2. The third-order valence-electron chi connectivity index (χ3n) is 3.12. The molecule has 2 rings (SSSR count). The third-order valence-corrected chi connectivity index (χ3v) is 3.25. The minimum atomic E-state index is 0.286. The first-order valence-electron chi connectivity index (χ1n) is 6.64. The molecule has 0 fully saturated rings. The van der Waals surface area contributed by atoms with Crippen molar-refractivity contribution in [1.82, 2.24) is 0 Å². The van der Waals surface area contributed by atoms with E-state index < -0.39 is 0 Å². The molecule has 0 spiro atoms. The second-order valence-corrected chi connectivity index (χ2v) is 4.78. The van der Waals surface area contributed by atoms with Gasteiger partial charge in [0.25, 0.3) is 0 Å². The molecule has 0 saturated carbocycles. The highest BCUT2D eigenvalue weighted by molar-refractivity contribution is 6.19. The predicted octanol–water partition coefficient (Wildman–Crippen LogP) is 4.17. The Labute approximate surface area is 130 Å². The lowest BCUT2D eigenvalue weighted by Gasteiger charge is -2.11. The van der Waals surface area contributed by atoms with Crippen LogP contribution in [0.15, 0.2) is 42.5 Å². The Morgan fingerprint density at radius 2 is 1.95 bits per heavy atom. The van der Waals surface area contributed by atoms with Crippen LogP contribution in [-0.4, -0.2) is 13.0 Å². The van der Waals surface area contributed by atoms with Gasteiger partial charge >= 0.3 is 0 Å². The smallest absolute Gasteiger partial charge is 0.135 e. The quantitative estimate of drug-likeness (QED) is 0.623. The van der Waals surface area contributed by atoms with E-state index in [1.54, 1.807) is 7.11 Å². The van der Waals surface area contributed by atoms with Crippen LogP contribution in [0.3, 0.4) is 0 Å². The Hall–Kier alpha value is -2.11. The molecule has 0 atom stereocenters. The Morgan fingerprint density at radius 1 is 1.14 bits per heavy atom. The molecule has 2 nitrogen and oxygen atoms in total. The molecule has 3 heteroatoms. The zero-order chi connectivity index (χ0) is 15.1. The molecule has 0 aromatic heterocycles. The maximum Gasteiger partial charge on any atom is 0.135 e. The van der Waals surface area contributed by atoms with Crippen LogP contribution in [0.25, 0.3) is 0 Å². The van der Waals surface area contributed by atoms with Crippen LogP contribution in [-0.2, 0) is 6.61 Å². The van der Waals surface area contributed by atoms with Gasteiger partial charge in [-0.1, -0.05) is 36.1 Å². The molecule has 2 aromatic rings. The summed E-state index contributed by atoms with van der Waals surface area (Å²) in [6.45, 7) is 2.58. The number of methoxy groups -OCH3 is 1. The maximum absolute atomic E-state index is 5.90. The summed E-state index contributed by atoms with van der Waals surface area (Å²) < 4.78 is 11.1. The molecular weight excluding hydrogens is 284 g/mol. The molecule has 0 aliphatic heterocycles. The van der Waals surface area contributed by atoms with E-state index in [-0.39, 0.29) is 5.88 Å². The van der Waals surface area contributed by atoms with Gasteiger partial charge < -0.3 is 9.47 Å². The SMILES string of the molecule is COc1ccc(OCc2ccccc2C)c(C#CCCl)c1. The number of ether oxygens (including phenoxy) is 2. The topological polar surface area (TPSA) is 18.5 Å². The molecule has 2 aromatic carbocycles. The highest BCUT2D eigenvalue weighted by atomic mass is 35.5. The van der Waals surface area contributed by atoms with Crippen molar-refractivity contribution < 1.29 is 9.47 Å². The summed E-state index contributed by atoms with van der Waals surface area (Å²) in [4.78, 5) is 0. The third kappa shape index (κ3) is 4.18. The van der Waals surface area contributed by atoms with E-state index in [1.807, 2.05) is 30.3 Å². The normalized spacial score (nSPS) is 9.67. The molecule has 0 amide bonds. The van der Waals surface area contributed by atoms with Crippen LogP contribution in [0.2, 0.25) is 0 Å². The summed E-state index contributed by atoms with van der Waals surface area (Å²) in [5.41, 5.74) is 3.15. The van der Waals surface area contributed by atoms with Crippen molar-refractivity contribution >= 4 is 11.6 Å². The van der Waals surface area contributed by atoms with E-state index in [2.05, 4.69) is 30.9 Å². The fraction of sp³-hybridized carbons (Fsp3) is 0.222. The molecule has 0 radical (unpaired) electrons. The van der Waals surface area contributed by atoms with Crippen LogP contribution in [0, 0.1) is 18.8 Å². The van der Waals surface area contributed by atoms with Gasteiger partial charge in [-0.3, -0.25) is 0 Å². The van der Waals surface area contributed by atoms with Gasteiger partial charge in [0.2, 0.25) is 0 Å². The first kappa shape index (κ1) is 15.3. The molecule has 0 N–H and O–H groups in total. The first-order valence-corrected chi connectivity index (χ1v) is 7.18. The lowest BCUT2D eigenvalue weighted by atomic mass is 10.1. The number of alkyl halides is 1. The Kier molecular flexibility index (Phi) is 5.54. The average molecular weight is 301 g/mol. The Morgan fingerprint density at radius 3 is 2.67 bits per heavy atom. The molecule has 108 valence electrons. The van der Waals surface area contributed by atoms with Gasteiger partial charge in [-0.25, -0.2) is 0 Å². The van der Waals surface area contributed by atoms with E-state index in [9.17, 15) is 0 Å². The fourth-order valence-electron chi connectivity index (χ4n) is 1.92. The highest BCUT2D eigenvalue weighted by Gasteiger charge is 2.05. The van der Waals surface area contributed by atoms with E-state index in [1.165, 1.54) is 5.56 Å². The van der Waals surface area contributed by atoms with E-state index in [0.717, 1.165) is 22.6 Å². The Balaban J connectivity index is 2.21. The van der Waals surface area contributed by atoms with Crippen LogP contribution >= 0.6 is 11.6 Å². The lowest BCUT2D eigenvalue weighted by molar-refractivity contribution is 0.304. The summed E-state index contributed by atoms with van der Waals surface area (Å²) in [6.07, 6.45) is 0. The van der Waals surface area contributed by atoms with Crippen molar-refractivity contribution in [2.24, 2.45) is 0 Å². The fourth-order valence-corrected chi connectivity index (χ4v) is 1.98. The molecule has 0 saturated heterocycles. The molecule has 21 heavy (non-hydrogen) atoms. The monoisotopic (exact) mass is 300 g/mol. The summed E-state index contributed by atoms with van der Waals surface area (Å²) >= 11 is 5.63. The number of rotatable bonds is 4.